The van der Waals surface area contributed by atoms with E-state index in [1.807, 2.05) is 87.5 Å². The fraction of sp³-hybridized carbons (Fsp3) is 0.154. The molecule has 0 spiro atoms. The maximum atomic E-state index is 13.8. The summed E-state index contributed by atoms with van der Waals surface area (Å²) in [4.78, 5) is 31.3. The molecule has 1 aromatic heterocycles. The number of hydrogen-bond acceptors (Lipinski definition) is 3. The summed E-state index contributed by atoms with van der Waals surface area (Å²) in [5.41, 5.74) is 1.35. The third kappa shape index (κ3) is 4.21. The van der Waals surface area contributed by atoms with Crippen molar-refractivity contribution in [1.82, 2.24) is 4.98 Å². The molecule has 0 aliphatic heterocycles. The first-order valence-electron chi connectivity index (χ1n) is 10.2. The second kappa shape index (κ2) is 8.11. The van der Waals surface area contributed by atoms with Gasteiger partial charge in [0, 0.05) is 27.6 Å². The summed E-state index contributed by atoms with van der Waals surface area (Å²) < 4.78 is 0. The van der Waals surface area contributed by atoms with Crippen LogP contribution in [0.2, 0.25) is 0 Å². The summed E-state index contributed by atoms with van der Waals surface area (Å²) in [7, 11) is 0. The lowest BCUT2D eigenvalue weighted by Gasteiger charge is -2.30. The molecule has 0 saturated carbocycles. The highest BCUT2D eigenvalue weighted by molar-refractivity contribution is 6.17. The van der Waals surface area contributed by atoms with E-state index in [4.69, 9.17) is 0 Å². The van der Waals surface area contributed by atoms with Crippen LogP contribution in [0.1, 0.15) is 31.1 Å². The number of pyridine rings is 1. The lowest BCUT2D eigenvalue weighted by molar-refractivity contribution is 0.0999. The summed E-state index contributed by atoms with van der Waals surface area (Å²) >= 11 is 0. The monoisotopic (exact) mass is 411 g/mol. The molecule has 0 aliphatic rings. The Kier molecular flexibility index (Phi) is 5.34. The van der Waals surface area contributed by atoms with E-state index >= 15 is 0 Å². The van der Waals surface area contributed by atoms with Crippen LogP contribution in [0.4, 0.5) is 17.2 Å². The van der Waals surface area contributed by atoms with Gasteiger partial charge in [-0.2, -0.15) is 0 Å². The third-order valence-electron chi connectivity index (χ3n) is 4.86. The van der Waals surface area contributed by atoms with E-state index in [1.54, 1.807) is 23.1 Å². The molecule has 0 aliphatic carbocycles. The SMILES string of the molecule is CC(C)(C)Nc1[nH]c(=O)c2ccccc2c1N(C(=O)c1ccccc1)c1ccccc1. The summed E-state index contributed by atoms with van der Waals surface area (Å²) in [6.45, 7) is 6.03. The molecule has 0 fully saturated rings. The molecular formula is C26H25N3O2. The van der Waals surface area contributed by atoms with Gasteiger partial charge in [-0.25, -0.2) is 0 Å². The number of rotatable bonds is 4. The molecule has 0 atom stereocenters. The van der Waals surface area contributed by atoms with Crippen LogP contribution >= 0.6 is 0 Å². The highest BCUT2D eigenvalue weighted by atomic mass is 16.2. The van der Waals surface area contributed by atoms with Crippen molar-refractivity contribution in [2.24, 2.45) is 0 Å². The van der Waals surface area contributed by atoms with E-state index in [1.165, 1.54) is 0 Å². The van der Waals surface area contributed by atoms with Gasteiger partial charge < -0.3 is 10.3 Å². The van der Waals surface area contributed by atoms with Gasteiger partial charge in [-0.05, 0) is 51.1 Å². The van der Waals surface area contributed by atoms with Crippen molar-refractivity contribution >= 4 is 33.9 Å². The van der Waals surface area contributed by atoms with Crippen LogP contribution in [0.3, 0.4) is 0 Å². The molecule has 5 heteroatoms. The highest BCUT2D eigenvalue weighted by Gasteiger charge is 2.27. The van der Waals surface area contributed by atoms with Crippen LogP contribution < -0.4 is 15.8 Å². The predicted molar refractivity (Wildman–Crippen MR) is 127 cm³/mol. The minimum Gasteiger partial charge on any atom is -0.365 e. The lowest BCUT2D eigenvalue weighted by atomic mass is 10.1. The van der Waals surface area contributed by atoms with Crippen LogP contribution in [0, 0.1) is 0 Å². The van der Waals surface area contributed by atoms with Gasteiger partial charge in [0.25, 0.3) is 11.5 Å². The van der Waals surface area contributed by atoms with Crippen LogP contribution in [0.5, 0.6) is 0 Å². The van der Waals surface area contributed by atoms with E-state index in [0.717, 1.165) is 0 Å². The normalized spacial score (nSPS) is 11.3. The second-order valence-electron chi connectivity index (χ2n) is 8.44. The van der Waals surface area contributed by atoms with E-state index in [9.17, 15) is 9.59 Å². The number of benzene rings is 3. The summed E-state index contributed by atoms with van der Waals surface area (Å²) in [5.74, 6) is 0.324. The number of aromatic amines is 1. The molecule has 1 heterocycles. The van der Waals surface area contributed by atoms with Gasteiger partial charge in [-0.15, -0.1) is 0 Å². The molecule has 3 aromatic carbocycles. The number of hydrogen-bond donors (Lipinski definition) is 2. The van der Waals surface area contributed by atoms with Crippen molar-refractivity contribution < 1.29 is 4.79 Å². The average molecular weight is 412 g/mol. The van der Waals surface area contributed by atoms with E-state index in [0.29, 0.717) is 33.5 Å². The van der Waals surface area contributed by atoms with Crippen LogP contribution in [-0.4, -0.2) is 16.4 Å². The Bertz CT molecular complexity index is 1270. The van der Waals surface area contributed by atoms with Crippen LogP contribution in [0.15, 0.2) is 89.7 Å². The van der Waals surface area contributed by atoms with Crippen molar-refractivity contribution in [3.63, 3.8) is 0 Å². The highest BCUT2D eigenvalue weighted by Crippen LogP contribution is 2.38. The number of amides is 1. The largest absolute Gasteiger partial charge is 0.365 e. The van der Waals surface area contributed by atoms with E-state index in [2.05, 4.69) is 10.3 Å². The number of carbonyl (C=O) groups excluding carboxylic acids is 1. The topological polar surface area (TPSA) is 65.2 Å². The van der Waals surface area contributed by atoms with Crippen molar-refractivity contribution in [3.05, 3.63) is 101 Å². The van der Waals surface area contributed by atoms with Gasteiger partial charge in [0.1, 0.15) is 5.82 Å². The number of carbonyl (C=O) groups is 1. The zero-order chi connectivity index (χ0) is 22.0. The average Bonchev–Trinajstić information content (AvgIpc) is 2.76. The zero-order valence-electron chi connectivity index (χ0n) is 17.8. The smallest absolute Gasteiger partial charge is 0.262 e. The Balaban J connectivity index is 2.06. The van der Waals surface area contributed by atoms with Crippen molar-refractivity contribution in [1.29, 1.82) is 0 Å². The first-order chi connectivity index (χ1) is 14.8. The fourth-order valence-corrected chi connectivity index (χ4v) is 3.59. The van der Waals surface area contributed by atoms with Crippen molar-refractivity contribution in [3.8, 4) is 0 Å². The van der Waals surface area contributed by atoms with Crippen molar-refractivity contribution in [2.75, 3.05) is 10.2 Å². The fourth-order valence-electron chi connectivity index (χ4n) is 3.59. The Morgan fingerprint density at radius 1 is 0.806 bits per heavy atom. The summed E-state index contributed by atoms with van der Waals surface area (Å²) in [5, 5.41) is 4.62. The molecule has 0 radical (unpaired) electrons. The van der Waals surface area contributed by atoms with Gasteiger partial charge >= 0.3 is 0 Å². The Morgan fingerprint density at radius 2 is 1.35 bits per heavy atom. The molecule has 2 N–H and O–H groups in total. The second-order valence-corrected chi connectivity index (χ2v) is 8.44. The number of nitrogens with one attached hydrogen (secondary N) is 2. The molecule has 0 unspecified atom stereocenters. The molecule has 0 bridgehead atoms. The Labute approximate surface area is 181 Å². The first-order valence-corrected chi connectivity index (χ1v) is 10.2. The lowest BCUT2D eigenvalue weighted by Crippen LogP contribution is -2.32. The number of nitrogens with zero attached hydrogens (tertiary/aromatic N) is 1. The van der Waals surface area contributed by atoms with Gasteiger partial charge in [0.15, 0.2) is 0 Å². The Hall–Kier alpha value is -3.86. The van der Waals surface area contributed by atoms with Gasteiger partial charge in [-0.3, -0.25) is 14.5 Å². The molecule has 156 valence electrons. The van der Waals surface area contributed by atoms with E-state index in [-0.39, 0.29) is 17.0 Å². The molecular weight excluding hydrogens is 386 g/mol. The van der Waals surface area contributed by atoms with Gasteiger partial charge in [-0.1, -0.05) is 54.6 Å². The van der Waals surface area contributed by atoms with E-state index < -0.39 is 0 Å². The van der Waals surface area contributed by atoms with Gasteiger partial charge in [0.05, 0.1) is 5.69 Å². The molecule has 4 aromatic rings. The van der Waals surface area contributed by atoms with Gasteiger partial charge in [0.2, 0.25) is 0 Å². The summed E-state index contributed by atoms with van der Waals surface area (Å²) in [6.07, 6.45) is 0. The molecule has 5 nitrogen and oxygen atoms in total. The number of H-pyrrole nitrogens is 1. The predicted octanol–water partition coefficient (Wildman–Crippen LogP) is 5.72. The minimum absolute atomic E-state index is 0.180. The van der Waals surface area contributed by atoms with Crippen LogP contribution in [0.25, 0.3) is 10.8 Å². The minimum atomic E-state index is -0.335. The molecule has 4 rings (SSSR count). The standard InChI is InChI=1S/C26H25N3O2/c1-26(2,3)28-23-22(20-16-10-11-17-21(20)24(30)27-23)29(19-14-8-5-9-15-19)25(31)18-12-6-4-7-13-18/h4-17H,1-3H3,(H2,27,28,30). The molecule has 31 heavy (non-hydrogen) atoms. The quantitative estimate of drug-likeness (QED) is 0.452. The first kappa shape index (κ1) is 20.4. The molecule has 0 saturated heterocycles. The maximum Gasteiger partial charge on any atom is 0.262 e. The van der Waals surface area contributed by atoms with Crippen molar-refractivity contribution in [2.45, 2.75) is 26.3 Å². The Morgan fingerprint density at radius 3 is 1.97 bits per heavy atom. The number of fused-ring (bicyclic) bond motifs is 1. The zero-order valence-corrected chi connectivity index (χ0v) is 17.8. The summed E-state index contributed by atoms with van der Waals surface area (Å²) in [6, 6.07) is 26.0. The third-order valence-corrected chi connectivity index (χ3v) is 4.86. The number of aromatic nitrogens is 1. The number of anilines is 3. The maximum absolute atomic E-state index is 13.8. The number of para-hydroxylation sites is 1. The van der Waals surface area contributed by atoms with Crippen LogP contribution in [-0.2, 0) is 0 Å². The molecule has 1 amide bonds.